The van der Waals surface area contributed by atoms with Gasteiger partial charge in [-0.2, -0.15) is 13.5 Å². The summed E-state index contributed by atoms with van der Waals surface area (Å²) in [7, 11) is 0.576. The molecule has 0 aliphatic heterocycles. The third-order valence-corrected chi connectivity index (χ3v) is 7.76. The number of anilines is 1. The van der Waals surface area contributed by atoms with Crippen LogP contribution in [0, 0.1) is 0 Å². The molecule has 1 aliphatic carbocycles. The van der Waals surface area contributed by atoms with Gasteiger partial charge in [0, 0.05) is 11.6 Å². The van der Waals surface area contributed by atoms with E-state index in [1.54, 1.807) is 24.3 Å². The van der Waals surface area contributed by atoms with Gasteiger partial charge in [-0.25, -0.2) is 0 Å². The van der Waals surface area contributed by atoms with Gasteiger partial charge >= 0.3 is 0 Å². The van der Waals surface area contributed by atoms with E-state index in [1.165, 1.54) is 52.2 Å². The fraction of sp³-hybridized carbons (Fsp3) is 0.375. The van der Waals surface area contributed by atoms with Crippen LogP contribution in [-0.2, 0) is 10.0 Å². The summed E-state index contributed by atoms with van der Waals surface area (Å²) in [4.78, 5) is 0.147. The molecule has 2 N–H and O–H groups in total. The predicted molar refractivity (Wildman–Crippen MR) is 127 cm³/mol. The highest BCUT2D eigenvalue weighted by Gasteiger charge is 2.24. The molecule has 0 amide bonds. The Morgan fingerprint density at radius 2 is 1.52 bits per heavy atom. The number of nitrogens with zero attached hydrogens (tertiary/aromatic N) is 2. The van der Waals surface area contributed by atoms with Crippen LogP contribution in [0.5, 0.6) is 17.2 Å². The Morgan fingerprint density at radius 3 is 2.06 bits per heavy atom. The first kappa shape index (κ1) is 23.0. The first-order chi connectivity index (χ1) is 15.9. The van der Waals surface area contributed by atoms with Crippen molar-refractivity contribution in [2.75, 3.05) is 27.1 Å². The maximum atomic E-state index is 13.3. The SMILES string of the molecule is COc1cc(-c2cc(N)n(S(=O)(=O)c3ccc(C4CCCCC4)cc3)n2)cc(OC)c1OC. The second-order valence-electron chi connectivity index (χ2n) is 8.12. The zero-order valence-electron chi connectivity index (χ0n) is 19.1. The summed E-state index contributed by atoms with van der Waals surface area (Å²) in [6, 6.07) is 12.0. The Balaban J connectivity index is 1.68. The maximum Gasteiger partial charge on any atom is 0.284 e. The van der Waals surface area contributed by atoms with Gasteiger partial charge in [0.1, 0.15) is 5.82 Å². The molecule has 33 heavy (non-hydrogen) atoms. The van der Waals surface area contributed by atoms with Gasteiger partial charge in [-0.05, 0) is 48.6 Å². The van der Waals surface area contributed by atoms with Gasteiger partial charge in [0.2, 0.25) is 5.75 Å². The number of hydrogen-bond donors (Lipinski definition) is 1. The smallest absolute Gasteiger partial charge is 0.284 e. The van der Waals surface area contributed by atoms with Crippen molar-refractivity contribution in [1.82, 2.24) is 9.19 Å². The first-order valence-corrected chi connectivity index (χ1v) is 12.3. The fourth-order valence-corrected chi connectivity index (χ4v) is 5.60. The van der Waals surface area contributed by atoms with Gasteiger partial charge < -0.3 is 19.9 Å². The minimum Gasteiger partial charge on any atom is -0.493 e. The lowest BCUT2D eigenvalue weighted by molar-refractivity contribution is 0.324. The van der Waals surface area contributed by atoms with E-state index in [4.69, 9.17) is 19.9 Å². The topological polar surface area (TPSA) is 106 Å². The van der Waals surface area contributed by atoms with Gasteiger partial charge in [-0.15, -0.1) is 4.09 Å². The molecule has 4 rings (SSSR count). The normalized spacial score (nSPS) is 14.8. The molecule has 3 aromatic rings. The molecular formula is C24H29N3O5S. The minimum atomic E-state index is -3.96. The molecule has 0 bridgehead atoms. The Morgan fingerprint density at radius 1 is 0.909 bits per heavy atom. The van der Waals surface area contributed by atoms with Crippen molar-refractivity contribution < 1.29 is 22.6 Å². The number of nitrogens with two attached hydrogens (primary N) is 1. The van der Waals surface area contributed by atoms with Crippen molar-refractivity contribution in [1.29, 1.82) is 0 Å². The lowest BCUT2D eigenvalue weighted by atomic mass is 9.84. The summed E-state index contributed by atoms with van der Waals surface area (Å²) in [6.07, 6.45) is 6.01. The lowest BCUT2D eigenvalue weighted by Gasteiger charge is -2.22. The zero-order valence-corrected chi connectivity index (χ0v) is 19.9. The van der Waals surface area contributed by atoms with E-state index in [1.807, 2.05) is 12.1 Å². The molecule has 0 atom stereocenters. The summed E-state index contributed by atoms with van der Waals surface area (Å²) in [5, 5.41) is 4.30. The largest absolute Gasteiger partial charge is 0.493 e. The van der Waals surface area contributed by atoms with E-state index in [9.17, 15) is 8.42 Å². The number of nitrogen functional groups attached to an aromatic ring is 1. The average Bonchev–Trinajstić information content (AvgIpc) is 3.26. The quantitative estimate of drug-likeness (QED) is 0.543. The molecular weight excluding hydrogens is 442 g/mol. The van der Waals surface area contributed by atoms with Gasteiger partial charge in [-0.3, -0.25) is 0 Å². The Hall–Kier alpha value is -3.20. The van der Waals surface area contributed by atoms with E-state index in [2.05, 4.69) is 5.10 Å². The highest BCUT2D eigenvalue weighted by atomic mass is 32.2. The molecule has 9 heteroatoms. The highest BCUT2D eigenvalue weighted by molar-refractivity contribution is 7.90. The third-order valence-electron chi connectivity index (χ3n) is 6.15. The number of rotatable bonds is 7. The minimum absolute atomic E-state index is 0.00936. The molecule has 1 aliphatic rings. The number of methoxy groups -OCH3 is 3. The second kappa shape index (κ2) is 9.35. The van der Waals surface area contributed by atoms with Crippen molar-refractivity contribution in [2.45, 2.75) is 42.9 Å². The molecule has 2 aromatic carbocycles. The van der Waals surface area contributed by atoms with E-state index >= 15 is 0 Å². The monoisotopic (exact) mass is 471 g/mol. The van der Waals surface area contributed by atoms with Crippen LogP contribution in [0.25, 0.3) is 11.3 Å². The lowest BCUT2D eigenvalue weighted by Crippen LogP contribution is -2.17. The summed E-state index contributed by atoms with van der Waals surface area (Å²) in [5.74, 6) is 1.80. The van der Waals surface area contributed by atoms with Crippen molar-refractivity contribution in [3.05, 3.63) is 48.0 Å². The van der Waals surface area contributed by atoms with Crippen molar-refractivity contribution in [3.63, 3.8) is 0 Å². The fourth-order valence-electron chi connectivity index (χ4n) is 4.39. The summed E-state index contributed by atoms with van der Waals surface area (Å²) >= 11 is 0. The van der Waals surface area contributed by atoms with Crippen molar-refractivity contribution in [2.24, 2.45) is 0 Å². The van der Waals surface area contributed by atoms with E-state index in [-0.39, 0.29) is 10.7 Å². The third kappa shape index (κ3) is 4.37. The van der Waals surface area contributed by atoms with Gasteiger partial charge in [0.15, 0.2) is 11.5 Å². The Labute approximate surface area is 194 Å². The van der Waals surface area contributed by atoms with Crippen LogP contribution >= 0.6 is 0 Å². The zero-order chi connectivity index (χ0) is 23.6. The molecule has 1 heterocycles. The molecule has 1 fully saturated rings. The molecule has 0 radical (unpaired) electrons. The maximum absolute atomic E-state index is 13.3. The Bertz CT molecular complexity index is 1200. The number of ether oxygens (including phenoxy) is 3. The molecule has 0 spiro atoms. The molecule has 1 saturated carbocycles. The van der Waals surface area contributed by atoms with Gasteiger partial charge in [0.05, 0.1) is 31.9 Å². The van der Waals surface area contributed by atoms with Crippen LogP contribution in [0.3, 0.4) is 0 Å². The molecule has 0 saturated heterocycles. The molecule has 0 unspecified atom stereocenters. The summed E-state index contributed by atoms with van der Waals surface area (Å²) in [6.45, 7) is 0. The van der Waals surface area contributed by atoms with Crippen molar-refractivity contribution >= 4 is 15.8 Å². The summed E-state index contributed by atoms with van der Waals surface area (Å²) in [5.41, 5.74) is 8.21. The van der Waals surface area contributed by atoms with Gasteiger partial charge in [0.25, 0.3) is 10.0 Å². The molecule has 8 nitrogen and oxygen atoms in total. The van der Waals surface area contributed by atoms with Crippen LogP contribution in [0.15, 0.2) is 47.4 Å². The predicted octanol–water partition coefficient (Wildman–Crippen LogP) is 4.44. The second-order valence-corrected chi connectivity index (χ2v) is 9.89. The van der Waals surface area contributed by atoms with E-state index in [0.717, 1.165) is 16.9 Å². The van der Waals surface area contributed by atoms with Crippen LogP contribution in [0.4, 0.5) is 5.82 Å². The highest BCUT2D eigenvalue weighted by Crippen LogP contribution is 2.41. The van der Waals surface area contributed by atoms with Crippen molar-refractivity contribution in [3.8, 4) is 28.5 Å². The summed E-state index contributed by atoms with van der Waals surface area (Å²) < 4.78 is 43.6. The average molecular weight is 472 g/mol. The standard InChI is InChI=1S/C24H29N3O5S/c1-30-21-13-18(14-22(31-2)24(21)32-3)20-15-23(25)27(26-20)33(28,29)19-11-9-17(10-12-19)16-7-5-4-6-8-16/h9-16H,4-8,25H2,1-3H3. The van der Waals surface area contributed by atoms with Crippen LogP contribution in [0.2, 0.25) is 0 Å². The van der Waals surface area contributed by atoms with Gasteiger partial charge in [-0.1, -0.05) is 31.4 Å². The number of aromatic nitrogens is 2. The first-order valence-electron chi connectivity index (χ1n) is 10.9. The van der Waals surface area contributed by atoms with Crippen LogP contribution in [0.1, 0.15) is 43.6 Å². The van der Waals surface area contributed by atoms with E-state index in [0.29, 0.717) is 34.4 Å². The number of benzene rings is 2. The molecule has 1 aromatic heterocycles. The molecule has 176 valence electrons. The Kier molecular flexibility index (Phi) is 6.51. The van der Waals surface area contributed by atoms with E-state index < -0.39 is 10.0 Å². The van der Waals surface area contributed by atoms with Crippen LogP contribution < -0.4 is 19.9 Å². The number of hydrogen-bond acceptors (Lipinski definition) is 7. The van der Waals surface area contributed by atoms with Crippen LogP contribution in [-0.4, -0.2) is 38.9 Å².